The van der Waals surface area contributed by atoms with Crippen LogP contribution < -0.4 is 5.46 Å². The van der Waals surface area contributed by atoms with Gasteiger partial charge in [-0.05, 0) is 56.1 Å². The third-order valence-corrected chi connectivity index (χ3v) is 8.51. The Morgan fingerprint density at radius 2 is 1.54 bits per heavy atom. The van der Waals surface area contributed by atoms with Gasteiger partial charge in [-0.15, -0.1) is 11.3 Å². The Morgan fingerprint density at radius 3 is 2.34 bits per heavy atom. The van der Waals surface area contributed by atoms with Crippen molar-refractivity contribution in [2.45, 2.75) is 38.9 Å². The summed E-state index contributed by atoms with van der Waals surface area (Å²) in [5, 5.41) is 15.1. The minimum atomic E-state index is -0.953. The molecule has 174 valence electrons. The van der Waals surface area contributed by atoms with Gasteiger partial charge in [0.1, 0.15) is 5.52 Å². The molecule has 0 aliphatic rings. The van der Waals surface area contributed by atoms with E-state index in [1.807, 2.05) is 32.0 Å². The molecule has 4 nitrogen and oxygen atoms in total. The van der Waals surface area contributed by atoms with Gasteiger partial charge in [-0.1, -0.05) is 60.7 Å². The van der Waals surface area contributed by atoms with Crippen LogP contribution in [0.15, 0.2) is 77.2 Å². The molecule has 6 aromatic rings. The molecule has 0 radical (unpaired) electrons. The molecule has 0 amide bonds. The maximum atomic E-state index is 10.5. The molecule has 2 aromatic heterocycles. The lowest BCUT2D eigenvalue weighted by molar-refractivity contribution is -0.0893. The summed E-state index contributed by atoms with van der Waals surface area (Å²) in [5.41, 5.74) is 2.14. The highest BCUT2D eigenvalue weighted by atomic mass is 32.1. The molecule has 0 spiro atoms. The highest BCUT2D eigenvalue weighted by molar-refractivity contribution is 7.27. The monoisotopic (exact) mass is 479 g/mol. The number of hydrogen-bond acceptors (Lipinski definition) is 5. The minimum Gasteiger partial charge on any atom is -0.436 e. The summed E-state index contributed by atoms with van der Waals surface area (Å²) in [4.78, 5) is 4.94. The van der Waals surface area contributed by atoms with E-state index in [-0.39, 0.29) is 0 Å². The molecular weight excluding hydrogens is 453 g/mol. The zero-order valence-electron chi connectivity index (χ0n) is 20.3. The molecule has 0 saturated carbocycles. The highest BCUT2D eigenvalue weighted by Crippen LogP contribution is 2.40. The lowest BCUT2D eigenvalue weighted by atomic mass is 9.82. The predicted octanol–water partition coefficient (Wildman–Crippen LogP) is 6.56. The zero-order valence-corrected chi connectivity index (χ0v) is 21.1. The van der Waals surface area contributed by atoms with Crippen molar-refractivity contribution in [3.8, 4) is 11.5 Å². The van der Waals surface area contributed by atoms with Gasteiger partial charge in [0.05, 0.1) is 16.8 Å². The van der Waals surface area contributed by atoms with Crippen molar-refractivity contribution in [2.75, 3.05) is 0 Å². The van der Waals surface area contributed by atoms with Crippen molar-refractivity contribution in [1.29, 1.82) is 0 Å². The van der Waals surface area contributed by atoms with Crippen LogP contribution in [0.25, 0.3) is 53.5 Å². The maximum Gasteiger partial charge on any atom is 0.310 e. The van der Waals surface area contributed by atoms with E-state index in [2.05, 4.69) is 54.6 Å². The first kappa shape index (κ1) is 22.3. The second-order valence-electron chi connectivity index (χ2n) is 10.1. The summed E-state index contributed by atoms with van der Waals surface area (Å²) in [7, 11) is 0.422. The van der Waals surface area contributed by atoms with E-state index in [0.29, 0.717) is 13.4 Å². The third kappa shape index (κ3) is 3.64. The van der Waals surface area contributed by atoms with Crippen molar-refractivity contribution < 1.29 is 14.2 Å². The average molecular weight is 479 g/mol. The minimum absolute atomic E-state index is 0.422. The number of oxazole rings is 1. The van der Waals surface area contributed by atoms with Crippen LogP contribution in [0.3, 0.4) is 0 Å². The lowest BCUT2D eigenvalue weighted by Crippen LogP contribution is -2.49. The smallest absolute Gasteiger partial charge is 0.310 e. The third-order valence-electron chi connectivity index (χ3n) is 7.18. The van der Waals surface area contributed by atoms with Gasteiger partial charge in [0.25, 0.3) is 0 Å². The number of hydrogen-bond donors (Lipinski definition) is 1. The zero-order chi connectivity index (χ0) is 24.4. The highest BCUT2D eigenvalue weighted by Gasteiger charge is 2.35. The SMILES string of the molecule is CC(C)(O)C(C)(C)OBc1cccc2c1sc1c(-c3nc4c(ccc5ccccc54)o3)cccc12. The molecule has 0 unspecified atom stereocenters. The number of aromatic nitrogens is 1. The molecule has 0 bridgehead atoms. The first-order valence-corrected chi connectivity index (χ1v) is 12.6. The number of thiophene rings is 1. The largest absolute Gasteiger partial charge is 0.436 e. The Hall–Kier alpha value is -3.19. The van der Waals surface area contributed by atoms with Crippen LogP contribution in [0.1, 0.15) is 27.7 Å². The Balaban J connectivity index is 1.48. The van der Waals surface area contributed by atoms with Crippen LogP contribution in [-0.2, 0) is 4.65 Å². The summed E-state index contributed by atoms with van der Waals surface area (Å²) < 4.78 is 14.8. The molecule has 6 rings (SSSR count). The summed E-state index contributed by atoms with van der Waals surface area (Å²) in [6, 6.07) is 25.0. The number of fused-ring (bicyclic) bond motifs is 6. The Bertz CT molecular complexity index is 1730. The van der Waals surface area contributed by atoms with Crippen molar-refractivity contribution in [2.24, 2.45) is 0 Å². The van der Waals surface area contributed by atoms with E-state index in [1.54, 1.807) is 25.2 Å². The van der Waals surface area contributed by atoms with Crippen molar-refractivity contribution in [1.82, 2.24) is 4.98 Å². The van der Waals surface area contributed by atoms with E-state index < -0.39 is 11.2 Å². The maximum absolute atomic E-state index is 10.5. The van der Waals surface area contributed by atoms with E-state index in [0.717, 1.165) is 37.6 Å². The van der Waals surface area contributed by atoms with Gasteiger partial charge >= 0.3 is 7.48 Å². The van der Waals surface area contributed by atoms with Gasteiger partial charge in [0.2, 0.25) is 5.89 Å². The second kappa shape index (κ2) is 7.92. The quantitative estimate of drug-likeness (QED) is 0.285. The van der Waals surface area contributed by atoms with Gasteiger partial charge in [-0.3, -0.25) is 0 Å². The Kier molecular flexibility index (Phi) is 5.04. The van der Waals surface area contributed by atoms with Crippen LogP contribution in [0.4, 0.5) is 0 Å². The summed E-state index contributed by atoms with van der Waals surface area (Å²) in [6.07, 6.45) is 0. The molecular formula is C29H26BNO3S. The van der Waals surface area contributed by atoms with E-state index in [4.69, 9.17) is 14.1 Å². The molecule has 4 aromatic carbocycles. The second-order valence-corrected chi connectivity index (χ2v) is 11.1. The van der Waals surface area contributed by atoms with Gasteiger partial charge in [-0.25, -0.2) is 4.98 Å². The first-order valence-electron chi connectivity index (χ1n) is 11.8. The van der Waals surface area contributed by atoms with Crippen molar-refractivity contribution in [3.63, 3.8) is 0 Å². The van der Waals surface area contributed by atoms with Gasteiger partial charge in [-0.2, -0.15) is 0 Å². The Labute approximate surface area is 208 Å². The van der Waals surface area contributed by atoms with E-state index in [9.17, 15) is 5.11 Å². The molecule has 35 heavy (non-hydrogen) atoms. The lowest BCUT2D eigenvalue weighted by Gasteiger charge is -2.37. The van der Waals surface area contributed by atoms with Crippen LogP contribution in [0.2, 0.25) is 0 Å². The van der Waals surface area contributed by atoms with Crippen LogP contribution in [-0.4, -0.2) is 28.8 Å². The molecule has 2 heterocycles. The van der Waals surface area contributed by atoms with Gasteiger partial charge in [0, 0.05) is 20.2 Å². The molecule has 0 aliphatic heterocycles. The summed E-state index contributed by atoms with van der Waals surface area (Å²) in [6.45, 7) is 7.41. The molecule has 6 heteroatoms. The van der Waals surface area contributed by atoms with E-state index >= 15 is 0 Å². The number of nitrogens with zero attached hydrogens (tertiary/aromatic N) is 1. The van der Waals surface area contributed by atoms with Gasteiger partial charge < -0.3 is 14.2 Å². The van der Waals surface area contributed by atoms with Crippen LogP contribution >= 0.6 is 11.3 Å². The predicted molar refractivity (Wildman–Crippen MR) is 148 cm³/mol. The first-order chi connectivity index (χ1) is 16.7. The number of aliphatic hydroxyl groups is 1. The van der Waals surface area contributed by atoms with E-state index in [1.165, 1.54) is 15.5 Å². The normalized spacial score (nSPS) is 12.8. The number of benzene rings is 4. The fourth-order valence-electron chi connectivity index (χ4n) is 4.37. The molecule has 1 N–H and O–H groups in total. The average Bonchev–Trinajstić information content (AvgIpc) is 3.44. The topological polar surface area (TPSA) is 55.5 Å². The number of rotatable bonds is 5. The molecule has 0 saturated heterocycles. The standard InChI is InChI=1S/C29H26BNO3S/c1-28(2,32)29(3,4)34-30-22-14-8-12-20-19-11-7-13-21(25(19)35-26(20)22)27-31-24-18-10-6-5-9-17(18)15-16-23(24)33-27/h5-16,30,32H,1-4H3. The molecule has 0 aliphatic carbocycles. The van der Waals surface area contributed by atoms with Crippen LogP contribution in [0, 0.1) is 0 Å². The van der Waals surface area contributed by atoms with Crippen molar-refractivity contribution >= 4 is 66.3 Å². The molecule has 0 fully saturated rings. The summed E-state index contributed by atoms with van der Waals surface area (Å²) >= 11 is 1.74. The molecule has 0 atom stereocenters. The van der Waals surface area contributed by atoms with Crippen molar-refractivity contribution in [3.05, 3.63) is 72.8 Å². The fourth-order valence-corrected chi connectivity index (χ4v) is 5.68. The fraction of sp³-hybridized carbons (Fsp3) is 0.207. The Morgan fingerprint density at radius 1 is 0.829 bits per heavy atom. The summed E-state index contributed by atoms with van der Waals surface area (Å²) in [5.74, 6) is 0.634. The van der Waals surface area contributed by atoms with Gasteiger partial charge in [0.15, 0.2) is 5.58 Å². The van der Waals surface area contributed by atoms with Crippen LogP contribution in [0.5, 0.6) is 0 Å².